The van der Waals surface area contributed by atoms with Gasteiger partial charge in [-0.2, -0.15) is 0 Å². The van der Waals surface area contributed by atoms with E-state index in [2.05, 4.69) is 9.97 Å². The molecule has 0 unspecified atom stereocenters. The van der Waals surface area contributed by atoms with Gasteiger partial charge in [-0.3, -0.25) is 9.69 Å². The summed E-state index contributed by atoms with van der Waals surface area (Å²) < 4.78 is 6.04. The minimum atomic E-state index is 0.0825. The zero-order valence-corrected chi connectivity index (χ0v) is 21.5. The average molecular weight is 504 g/mol. The number of benzene rings is 3. The molecule has 186 valence electrons. The first kappa shape index (κ1) is 25.8. The van der Waals surface area contributed by atoms with Crippen molar-refractivity contribution in [1.29, 1.82) is 0 Å². The van der Waals surface area contributed by atoms with Crippen LogP contribution in [0.5, 0.6) is 11.6 Å². The Bertz CT molecular complexity index is 1390. The molecular weight excluding hydrogens is 474 g/mol. The fourth-order valence-corrected chi connectivity index (χ4v) is 4.36. The van der Waals surface area contributed by atoms with Crippen LogP contribution in [0.4, 0.5) is 0 Å². The SMILES string of the molecule is Cc1cc2ncnc(Oc3ccc(CC(=O)Cc4cccc(CN(C)CCO)c4)c(Cl)c3)c2cc1C. The van der Waals surface area contributed by atoms with Gasteiger partial charge in [-0.25, -0.2) is 9.97 Å². The summed E-state index contributed by atoms with van der Waals surface area (Å²) in [5, 5.41) is 10.4. The summed E-state index contributed by atoms with van der Waals surface area (Å²) in [6, 6.07) is 17.4. The molecule has 0 fully saturated rings. The van der Waals surface area contributed by atoms with Crippen LogP contribution in [-0.2, 0) is 24.2 Å². The van der Waals surface area contributed by atoms with Gasteiger partial charge in [0.2, 0.25) is 5.88 Å². The van der Waals surface area contributed by atoms with E-state index < -0.39 is 0 Å². The van der Waals surface area contributed by atoms with Crippen LogP contribution >= 0.6 is 11.6 Å². The van der Waals surface area contributed by atoms with Crippen molar-refractivity contribution in [2.24, 2.45) is 0 Å². The lowest BCUT2D eigenvalue weighted by Gasteiger charge is -2.15. The van der Waals surface area contributed by atoms with E-state index in [1.807, 2.05) is 68.3 Å². The molecule has 0 aliphatic heterocycles. The number of aliphatic hydroxyl groups is 1. The summed E-state index contributed by atoms with van der Waals surface area (Å²) in [6.07, 6.45) is 2.06. The van der Waals surface area contributed by atoms with E-state index in [1.165, 1.54) is 6.33 Å². The van der Waals surface area contributed by atoms with Gasteiger partial charge >= 0.3 is 0 Å². The number of aromatic nitrogens is 2. The molecule has 0 radical (unpaired) electrons. The highest BCUT2D eigenvalue weighted by Gasteiger charge is 2.13. The highest BCUT2D eigenvalue weighted by molar-refractivity contribution is 6.31. The van der Waals surface area contributed by atoms with Crippen LogP contribution in [0.15, 0.2) is 60.9 Å². The molecule has 4 rings (SSSR count). The van der Waals surface area contributed by atoms with E-state index >= 15 is 0 Å². The summed E-state index contributed by atoms with van der Waals surface area (Å²) in [6.45, 7) is 5.53. The zero-order valence-electron chi connectivity index (χ0n) is 20.8. The van der Waals surface area contributed by atoms with E-state index in [-0.39, 0.29) is 18.8 Å². The lowest BCUT2D eigenvalue weighted by molar-refractivity contribution is -0.117. The van der Waals surface area contributed by atoms with E-state index in [0.717, 1.165) is 45.3 Å². The van der Waals surface area contributed by atoms with Gasteiger partial charge in [-0.15, -0.1) is 0 Å². The van der Waals surface area contributed by atoms with Gasteiger partial charge < -0.3 is 9.84 Å². The largest absolute Gasteiger partial charge is 0.438 e. The Hall–Kier alpha value is -3.32. The van der Waals surface area contributed by atoms with Crippen LogP contribution in [0.25, 0.3) is 10.9 Å². The van der Waals surface area contributed by atoms with Crippen molar-refractivity contribution < 1.29 is 14.6 Å². The molecule has 4 aromatic rings. The van der Waals surface area contributed by atoms with Crippen LogP contribution in [0.2, 0.25) is 5.02 Å². The third kappa shape index (κ3) is 6.46. The van der Waals surface area contributed by atoms with Crippen LogP contribution in [0.1, 0.15) is 27.8 Å². The van der Waals surface area contributed by atoms with E-state index in [9.17, 15) is 4.79 Å². The van der Waals surface area contributed by atoms with Crippen molar-refractivity contribution >= 4 is 28.3 Å². The van der Waals surface area contributed by atoms with Crippen LogP contribution in [0.3, 0.4) is 0 Å². The lowest BCUT2D eigenvalue weighted by Crippen LogP contribution is -2.21. The summed E-state index contributed by atoms with van der Waals surface area (Å²) in [5.74, 6) is 1.10. The van der Waals surface area contributed by atoms with E-state index in [1.54, 1.807) is 12.1 Å². The van der Waals surface area contributed by atoms with E-state index in [4.69, 9.17) is 21.4 Å². The van der Waals surface area contributed by atoms with Crippen molar-refractivity contribution in [1.82, 2.24) is 14.9 Å². The van der Waals surface area contributed by atoms with Crippen molar-refractivity contribution in [3.8, 4) is 11.6 Å². The van der Waals surface area contributed by atoms with Crippen LogP contribution < -0.4 is 4.74 Å². The number of nitrogens with zero attached hydrogens (tertiary/aromatic N) is 3. The molecule has 0 aliphatic rings. The maximum absolute atomic E-state index is 12.8. The number of hydrogen-bond donors (Lipinski definition) is 1. The second-order valence-electron chi connectivity index (χ2n) is 9.16. The average Bonchev–Trinajstić information content (AvgIpc) is 2.82. The number of likely N-dealkylation sites (N-methyl/N-ethyl adjacent to an activating group) is 1. The first-order chi connectivity index (χ1) is 17.3. The quantitative estimate of drug-likeness (QED) is 0.309. The highest BCUT2D eigenvalue weighted by Crippen LogP contribution is 2.31. The number of Topliss-reactive ketones (excluding diaryl/α,β-unsaturated/α-hetero) is 1. The van der Waals surface area contributed by atoms with Gasteiger partial charge in [-0.05, 0) is 73.0 Å². The Morgan fingerprint density at radius 3 is 2.56 bits per heavy atom. The zero-order chi connectivity index (χ0) is 25.7. The molecule has 1 heterocycles. The summed E-state index contributed by atoms with van der Waals surface area (Å²) in [5.41, 5.74) is 5.94. The number of rotatable bonds is 10. The molecule has 7 heteroatoms. The third-order valence-electron chi connectivity index (χ3n) is 6.17. The molecule has 0 aliphatic carbocycles. The maximum Gasteiger partial charge on any atom is 0.230 e. The first-order valence-electron chi connectivity index (χ1n) is 11.9. The number of hydrogen-bond acceptors (Lipinski definition) is 6. The van der Waals surface area contributed by atoms with Gasteiger partial charge in [-0.1, -0.05) is 41.9 Å². The first-order valence-corrected chi connectivity index (χ1v) is 12.3. The topological polar surface area (TPSA) is 75.6 Å². The van der Waals surface area contributed by atoms with Crippen molar-refractivity contribution in [2.45, 2.75) is 33.2 Å². The Kier molecular flexibility index (Phi) is 8.31. The fraction of sp³-hybridized carbons (Fsp3) is 0.276. The predicted molar refractivity (Wildman–Crippen MR) is 143 cm³/mol. The minimum absolute atomic E-state index is 0.0825. The Balaban J connectivity index is 1.43. The van der Waals surface area contributed by atoms with Crippen molar-refractivity contribution in [3.05, 3.63) is 93.8 Å². The molecule has 0 saturated heterocycles. The normalized spacial score (nSPS) is 11.3. The van der Waals surface area contributed by atoms with Gasteiger partial charge in [0.15, 0.2) is 0 Å². The Morgan fingerprint density at radius 2 is 1.78 bits per heavy atom. The number of fused-ring (bicyclic) bond motifs is 1. The van der Waals surface area contributed by atoms with Crippen molar-refractivity contribution in [3.63, 3.8) is 0 Å². The highest BCUT2D eigenvalue weighted by atomic mass is 35.5. The minimum Gasteiger partial charge on any atom is -0.438 e. The fourth-order valence-electron chi connectivity index (χ4n) is 4.12. The Morgan fingerprint density at radius 1 is 1.00 bits per heavy atom. The van der Waals surface area contributed by atoms with Gasteiger partial charge in [0, 0.05) is 31.0 Å². The van der Waals surface area contributed by atoms with E-state index in [0.29, 0.717) is 29.6 Å². The number of halogens is 1. The summed E-state index contributed by atoms with van der Waals surface area (Å²) in [7, 11) is 1.96. The lowest BCUT2D eigenvalue weighted by atomic mass is 10.0. The molecule has 0 saturated carbocycles. The molecule has 0 atom stereocenters. The number of ketones is 1. The maximum atomic E-state index is 12.8. The monoisotopic (exact) mass is 503 g/mol. The number of carbonyl (C=O) groups excluding carboxylic acids is 1. The van der Waals surface area contributed by atoms with Gasteiger partial charge in [0.1, 0.15) is 17.9 Å². The number of ether oxygens (including phenoxy) is 1. The standard InChI is InChI=1S/C29H30ClN3O3/c1-19-11-26-28(12-20(19)2)31-18-32-29(26)36-25-8-7-23(27(30)16-25)15-24(35)14-21-5-4-6-22(13-21)17-33(3)9-10-34/h4-8,11-13,16,18,34H,9-10,14-15,17H2,1-3H3. The van der Waals surface area contributed by atoms with Crippen molar-refractivity contribution in [2.75, 3.05) is 20.2 Å². The second-order valence-corrected chi connectivity index (χ2v) is 9.57. The molecule has 36 heavy (non-hydrogen) atoms. The summed E-state index contributed by atoms with van der Waals surface area (Å²) in [4.78, 5) is 23.5. The number of carbonyl (C=O) groups is 1. The summed E-state index contributed by atoms with van der Waals surface area (Å²) >= 11 is 6.53. The number of aryl methyl sites for hydroxylation is 2. The van der Waals surface area contributed by atoms with Crippen LogP contribution in [0, 0.1) is 13.8 Å². The third-order valence-corrected chi connectivity index (χ3v) is 6.52. The number of aliphatic hydroxyl groups excluding tert-OH is 1. The smallest absolute Gasteiger partial charge is 0.230 e. The molecule has 3 aromatic carbocycles. The molecule has 6 nitrogen and oxygen atoms in total. The van der Waals surface area contributed by atoms with Gasteiger partial charge in [0.05, 0.1) is 17.5 Å². The molecule has 0 bridgehead atoms. The van der Waals surface area contributed by atoms with Gasteiger partial charge in [0.25, 0.3) is 0 Å². The molecule has 1 N–H and O–H groups in total. The predicted octanol–water partition coefficient (Wildman–Crippen LogP) is 5.47. The Labute approximate surface area is 216 Å². The molecule has 0 amide bonds. The molecular formula is C29H30ClN3O3. The molecule has 0 spiro atoms. The second kappa shape index (κ2) is 11.6. The molecule has 1 aromatic heterocycles. The van der Waals surface area contributed by atoms with Crippen LogP contribution in [-0.4, -0.2) is 46.0 Å².